The molecular weight excluding hydrogens is 415 g/mol. The van der Waals surface area contributed by atoms with Crippen LogP contribution in [0.3, 0.4) is 0 Å². The molecule has 31 heavy (non-hydrogen) atoms. The average Bonchev–Trinajstić information content (AvgIpc) is 2.79. The Labute approximate surface area is 186 Å². The molecule has 1 atom stereocenters. The summed E-state index contributed by atoms with van der Waals surface area (Å²) in [6.45, 7) is 0.219. The van der Waals surface area contributed by atoms with Crippen LogP contribution in [0.1, 0.15) is 16.7 Å². The van der Waals surface area contributed by atoms with Crippen molar-refractivity contribution in [3.8, 4) is 0 Å². The van der Waals surface area contributed by atoms with Gasteiger partial charge in [-0.25, -0.2) is 4.39 Å². The van der Waals surface area contributed by atoms with Gasteiger partial charge in [-0.15, -0.1) is 0 Å². The van der Waals surface area contributed by atoms with Gasteiger partial charge in [0.2, 0.25) is 11.8 Å². The van der Waals surface area contributed by atoms with Crippen molar-refractivity contribution in [1.29, 1.82) is 0 Å². The summed E-state index contributed by atoms with van der Waals surface area (Å²) in [7, 11) is 1.54. The third-order valence-electron chi connectivity index (χ3n) is 5.10. The fourth-order valence-corrected chi connectivity index (χ4v) is 3.68. The van der Waals surface area contributed by atoms with E-state index in [2.05, 4.69) is 5.32 Å². The molecule has 0 bridgehead atoms. The number of carbonyl (C=O) groups excluding carboxylic acids is 2. The Morgan fingerprint density at radius 2 is 1.55 bits per heavy atom. The van der Waals surface area contributed by atoms with Crippen LogP contribution < -0.4 is 5.32 Å². The number of rotatable bonds is 8. The molecule has 0 saturated carbocycles. The minimum Gasteiger partial charge on any atom is -0.357 e. The molecule has 0 radical (unpaired) electrons. The van der Waals surface area contributed by atoms with Crippen LogP contribution in [-0.4, -0.2) is 29.8 Å². The number of hydrogen-bond acceptors (Lipinski definition) is 2. The lowest BCUT2D eigenvalue weighted by Gasteiger charge is -2.31. The first-order chi connectivity index (χ1) is 15.0. The Bertz CT molecular complexity index is 1010. The molecule has 1 unspecified atom stereocenters. The van der Waals surface area contributed by atoms with Gasteiger partial charge in [-0.05, 0) is 23.3 Å². The van der Waals surface area contributed by atoms with Crippen molar-refractivity contribution in [2.75, 3.05) is 7.05 Å². The Morgan fingerprint density at radius 3 is 2.13 bits per heavy atom. The fraction of sp³-hybridized carbons (Fsp3) is 0.200. The van der Waals surface area contributed by atoms with Gasteiger partial charge in [0, 0.05) is 30.6 Å². The highest BCUT2D eigenvalue weighted by Crippen LogP contribution is 2.22. The van der Waals surface area contributed by atoms with E-state index in [-0.39, 0.29) is 35.4 Å². The maximum atomic E-state index is 14.3. The Kier molecular flexibility index (Phi) is 7.79. The fourth-order valence-electron chi connectivity index (χ4n) is 3.45. The van der Waals surface area contributed by atoms with E-state index < -0.39 is 11.9 Å². The van der Waals surface area contributed by atoms with Crippen molar-refractivity contribution < 1.29 is 14.0 Å². The van der Waals surface area contributed by atoms with E-state index in [4.69, 9.17) is 11.6 Å². The first-order valence-electron chi connectivity index (χ1n) is 10.0. The van der Waals surface area contributed by atoms with Gasteiger partial charge in [-0.2, -0.15) is 0 Å². The molecule has 0 aliphatic carbocycles. The second-order valence-electron chi connectivity index (χ2n) is 7.20. The quantitative estimate of drug-likeness (QED) is 0.566. The first kappa shape index (κ1) is 22.5. The first-order valence-corrected chi connectivity index (χ1v) is 10.4. The molecule has 3 rings (SSSR count). The van der Waals surface area contributed by atoms with Crippen molar-refractivity contribution in [2.24, 2.45) is 0 Å². The second-order valence-corrected chi connectivity index (χ2v) is 7.61. The van der Waals surface area contributed by atoms with Gasteiger partial charge < -0.3 is 10.2 Å². The van der Waals surface area contributed by atoms with Crippen molar-refractivity contribution in [3.63, 3.8) is 0 Å². The van der Waals surface area contributed by atoms with E-state index in [1.165, 1.54) is 17.0 Å². The third-order valence-corrected chi connectivity index (χ3v) is 5.46. The zero-order chi connectivity index (χ0) is 22.2. The van der Waals surface area contributed by atoms with E-state index >= 15 is 0 Å². The molecule has 1 N–H and O–H groups in total. The number of benzene rings is 3. The van der Waals surface area contributed by atoms with Crippen LogP contribution in [0.5, 0.6) is 0 Å². The Hall–Kier alpha value is -3.18. The van der Waals surface area contributed by atoms with Gasteiger partial charge in [-0.1, -0.05) is 78.3 Å². The predicted octanol–water partition coefficient (Wildman–Crippen LogP) is 4.41. The van der Waals surface area contributed by atoms with E-state index in [1.54, 1.807) is 13.1 Å². The van der Waals surface area contributed by atoms with Crippen LogP contribution in [0.15, 0.2) is 78.9 Å². The van der Waals surface area contributed by atoms with Crippen LogP contribution in [0, 0.1) is 5.82 Å². The van der Waals surface area contributed by atoms with Crippen LogP contribution in [0.25, 0.3) is 0 Å². The smallest absolute Gasteiger partial charge is 0.242 e. The highest BCUT2D eigenvalue weighted by atomic mass is 35.5. The summed E-state index contributed by atoms with van der Waals surface area (Å²) in [5, 5.41) is 2.85. The number of amides is 2. The van der Waals surface area contributed by atoms with Crippen molar-refractivity contribution in [1.82, 2.24) is 10.2 Å². The largest absolute Gasteiger partial charge is 0.357 e. The summed E-state index contributed by atoms with van der Waals surface area (Å²) in [6, 6.07) is 22.5. The topological polar surface area (TPSA) is 49.4 Å². The lowest BCUT2D eigenvalue weighted by Crippen LogP contribution is -2.50. The summed E-state index contributed by atoms with van der Waals surface area (Å²) in [5.74, 6) is -1.20. The zero-order valence-corrected chi connectivity index (χ0v) is 18.0. The molecule has 0 aromatic heterocycles. The van der Waals surface area contributed by atoms with Gasteiger partial charge >= 0.3 is 0 Å². The molecule has 0 aliphatic rings. The molecule has 3 aromatic rings. The molecular formula is C25H24ClFN2O2. The van der Waals surface area contributed by atoms with Crippen LogP contribution >= 0.6 is 11.6 Å². The van der Waals surface area contributed by atoms with Crippen molar-refractivity contribution in [3.05, 3.63) is 106 Å². The van der Waals surface area contributed by atoms with Gasteiger partial charge in [0.15, 0.2) is 0 Å². The summed E-state index contributed by atoms with van der Waals surface area (Å²) >= 11 is 6.15. The summed E-state index contributed by atoms with van der Waals surface area (Å²) in [5.41, 5.74) is 1.92. The number of likely N-dealkylation sites (N-methyl/N-ethyl adjacent to an activating group) is 1. The van der Waals surface area contributed by atoms with Crippen LogP contribution in [0.4, 0.5) is 4.39 Å². The standard InChI is InChI=1S/C25H24ClFN2O2/c1-28-25(31)23(15-18-9-4-2-5-10-18)29(17-19-11-6-3-7-12-19)24(30)16-20-21(26)13-8-14-22(20)27/h2-14,23H,15-17H2,1H3,(H,28,31). The lowest BCUT2D eigenvalue weighted by atomic mass is 10.0. The summed E-state index contributed by atoms with van der Waals surface area (Å²) in [4.78, 5) is 27.7. The molecule has 0 heterocycles. The van der Waals surface area contributed by atoms with Crippen LogP contribution in [-0.2, 0) is 29.0 Å². The zero-order valence-electron chi connectivity index (χ0n) is 17.2. The number of halogens is 2. The maximum Gasteiger partial charge on any atom is 0.242 e. The highest BCUT2D eigenvalue weighted by Gasteiger charge is 2.30. The number of nitrogens with one attached hydrogen (secondary N) is 1. The number of carbonyl (C=O) groups is 2. The van der Waals surface area contributed by atoms with E-state index in [9.17, 15) is 14.0 Å². The Balaban J connectivity index is 1.96. The molecule has 3 aromatic carbocycles. The molecule has 6 heteroatoms. The minimum atomic E-state index is -0.759. The molecule has 4 nitrogen and oxygen atoms in total. The van der Waals surface area contributed by atoms with E-state index in [0.29, 0.717) is 6.42 Å². The molecule has 0 spiro atoms. The maximum absolute atomic E-state index is 14.3. The van der Waals surface area contributed by atoms with Crippen LogP contribution in [0.2, 0.25) is 5.02 Å². The monoisotopic (exact) mass is 438 g/mol. The van der Waals surface area contributed by atoms with E-state index in [0.717, 1.165) is 11.1 Å². The summed E-state index contributed by atoms with van der Waals surface area (Å²) < 4.78 is 14.3. The molecule has 160 valence electrons. The average molecular weight is 439 g/mol. The molecule has 0 aliphatic heterocycles. The van der Waals surface area contributed by atoms with Gasteiger partial charge in [0.05, 0.1) is 6.42 Å². The highest BCUT2D eigenvalue weighted by molar-refractivity contribution is 6.31. The van der Waals surface area contributed by atoms with Gasteiger partial charge in [-0.3, -0.25) is 9.59 Å². The molecule has 0 fully saturated rings. The van der Waals surface area contributed by atoms with E-state index in [1.807, 2.05) is 60.7 Å². The second kappa shape index (κ2) is 10.7. The lowest BCUT2D eigenvalue weighted by molar-refractivity contribution is -0.140. The van der Waals surface area contributed by atoms with Crippen molar-refractivity contribution in [2.45, 2.75) is 25.4 Å². The van der Waals surface area contributed by atoms with Gasteiger partial charge in [0.25, 0.3) is 0 Å². The SMILES string of the molecule is CNC(=O)C(Cc1ccccc1)N(Cc1ccccc1)C(=O)Cc1c(F)cccc1Cl. The third kappa shape index (κ3) is 5.92. The number of nitrogens with zero attached hydrogens (tertiary/aromatic N) is 1. The Morgan fingerprint density at radius 1 is 0.935 bits per heavy atom. The van der Waals surface area contributed by atoms with Crippen molar-refractivity contribution >= 4 is 23.4 Å². The summed E-state index contributed by atoms with van der Waals surface area (Å²) in [6.07, 6.45) is 0.102. The molecule has 0 saturated heterocycles. The molecule has 2 amide bonds. The minimum absolute atomic E-state index is 0.127. The predicted molar refractivity (Wildman–Crippen MR) is 120 cm³/mol. The van der Waals surface area contributed by atoms with Gasteiger partial charge in [0.1, 0.15) is 11.9 Å². The normalized spacial score (nSPS) is 11.6. The number of hydrogen-bond donors (Lipinski definition) is 1.